The standard InChI is InChI=1S/C21H28N4O5S2/c1-29-18-4-3-17(15-19(18)32(27,28)25-10-12-30-13-11-25)16-20(26)23-6-2-7-24(9-8-23)21-22-5-14-31-21/h3-5,14-15H,2,6-13,16H2,1H3. The number of nitrogens with zero attached hydrogens (tertiary/aromatic N) is 4. The van der Waals surface area contributed by atoms with E-state index in [-0.39, 0.29) is 23.0 Å². The number of anilines is 1. The second-order valence-electron chi connectivity index (χ2n) is 7.71. The number of carbonyl (C=O) groups is 1. The lowest BCUT2D eigenvalue weighted by Gasteiger charge is -2.27. The van der Waals surface area contributed by atoms with Crippen LogP contribution in [0.1, 0.15) is 12.0 Å². The Labute approximate surface area is 192 Å². The molecule has 9 nitrogen and oxygen atoms in total. The second kappa shape index (κ2) is 10.2. The number of thiazole rings is 1. The highest BCUT2D eigenvalue weighted by Crippen LogP contribution is 2.29. The van der Waals surface area contributed by atoms with E-state index in [1.807, 2.05) is 10.3 Å². The van der Waals surface area contributed by atoms with Gasteiger partial charge in [0.05, 0.1) is 26.7 Å². The van der Waals surface area contributed by atoms with E-state index in [0.717, 1.165) is 24.6 Å². The summed E-state index contributed by atoms with van der Waals surface area (Å²) in [4.78, 5) is 21.5. The molecule has 0 unspecified atom stereocenters. The maximum atomic E-state index is 13.2. The first-order valence-electron chi connectivity index (χ1n) is 10.7. The predicted octanol–water partition coefficient (Wildman–Crippen LogP) is 1.45. The molecule has 2 aliphatic rings. The van der Waals surface area contributed by atoms with Crippen LogP contribution >= 0.6 is 11.3 Å². The minimum atomic E-state index is -3.74. The summed E-state index contributed by atoms with van der Waals surface area (Å²) in [6.07, 6.45) is 2.80. The lowest BCUT2D eigenvalue weighted by atomic mass is 10.1. The van der Waals surface area contributed by atoms with Crippen LogP contribution in [0.5, 0.6) is 5.75 Å². The van der Waals surface area contributed by atoms with Crippen molar-refractivity contribution in [1.82, 2.24) is 14.2 Å². The number of methoxy groups -OCH3 is 1. The van der Waals surface area contributed by atoms with Crippen molar-refractivity contribution in [2.24, 2.45) is 0 Å². The number of aromatic nitrogens is 1. The van der Waals surface area contributed by atoms with Gasteiger partial charge in [0.2, 0.25) is 15.9 Å². The molecule has 0 bridgehead atoms. The van der Waals surface area contributed by atoms with Gasteiger partial charge in [0.15, 0.2) is 5.13 Å². The van der Waals surface area contributed by atoms with E-state index in [1.165, 1.54) is 11.4 Å². The number of sulfonamides is 1. The maximum Gasteiger partial charge on any atom is 0.246 e. The Kier molecular flexibility index (Phi) is 7.29. The van der Waals surface area contributed by atoms with Gasteiger partial charge in [0, 0.05) is 50.8 Å². The fourth-order valence-electron chi connectivity index (χ4n) is 3.98. The molecule has 2 aromatic rings. The predicted molar refractivity (Wildman–Crippen MR) is 122 cm³/mol. The molecular weight excluding hydrogens is 452 g/mol. The summed E-state index contributed by atoms with van der Waals surface area (Å²) in [6.45, 7) is 4.24. The fourth-order valence-corrected chi connectivity index (χ4v) is 6.29. The summed E-state index contributed by atoms with van der Waals surface area (Å²) in [5.74, 6) is 0.271. The first-order chi connectivity index (χ1) is 15.5. The minimum absolute atomic E-state index is 0.00845. The summed E-state index contributed by atoms with van der Waals surface area (Å²) in [6, 6.07) is 4.96. The van der Waals surface area contributed by atoms with Gasteiger partial charge >= 0.3 is 0 Å². The van der Waals surface area contributed by atoms with Gasteiger partial charge in [0.1, 0.15) is 10.6 Å². The molecule has 0 radical (unpaired) electrons. The molecule has 2 aliphatic heterocycles. The van der Waals surface area contributed by atoms with E-state index in [4.69, 9.17) is 9.47 Å². The zero-order valence-corrected chi connectivity index (χ0v) is 19.7. The fraction of sp³-hybridized carbons (Fsp3) is 0.524. The topological polar surface area (TPSA) is 92.3 Å². The molecule has 0 aliphatic carbocycles. The SMILES string of the molecule is COc1ccc(CC(=O)N2CCCN(c3nccs3)CC2)cc1S(=O)(=O)N1CCOCC1. The summed E-state index contributed by atoms with van der Waals surface area (Å²) in [5, 5.41) is 2.93. The number of rotatable bonds is 6. The van der Waals surface area contributed by atoms with Crippen molar-refractivity contribution >= 4 is 32.4 Å². The molecule has 1 amide bonds. The summed E-state index contributed by atoms with van der Waals surface area (Å²) in [5.41, 5.74) is 0.656. The zero-order valence-electron chi connectivity index (χ0n) is 18.1. The first kappa shape index (κ1) is 23.0. The number of morpholine rings is 1. The Bertz CT molecular complexity index is 1020. The van der Waals surface area contributed by atoms with Crippen LogP contribution in [0, 0.1) is 0 Å². The van der Waals surface area contributed by atoms with Crippen LogP contribution in [0.25, 0.3) is 0 Å². The molecule has 4 rings (SSSR count). The van der Waals surface area contributed by atoms with E-state index < -0.39 is 10.0 Å². The summed E-state index contributed by atoms with van der Waals surface area (Å²) < 4.78 is 38.4. The van der Waals surface area contributed by atoms with Gasteiger partial charge in [-0.25, -0.2) is 13.4 Å². The average Bonchev–Trinajstić information content (AvgIpc) is 3.24. The molecule has 3 heterocycles. The van der Waals surface area contributed by atoms with Crippen LogP contribution in [0.4, 0.5) is 5.13 Å². The Morgan fingerprint density at radius 2 is 1.97 bits per heavy atom. The molecule has 32 heavy (non-hydrogen) atoms. The molecule has 1 aromatic carbocycles. The molecule has 0 saturated carbocycles. The van der Waals surface area contributed by atoms with Crippen LogP contribution in [0.2, 0.25) is 0 Å². The smallest absolute Gasteiger partial charge is 0.246 e. The van der Waals surface area contributed by atoms with Crippen LogP contribution in [0.3, 0.4) is 0 Å². The second-order valence-corrected chi connectivity index (χ2v) is 10.5. The van der Waals surface area contributed by atoms with Gasteiger partial charge < -0.3 is 19.3 Å². The number of carbonyl (C=O) groups excluding carboxylic acids is 1. The third-order valence-corrected chi connectivity index (χ3v) is 8.46. The van der Waals surface area contributed by atoms with Crippen molar-refractivity contribution < 1.29 is 22.7 Å². The monoisotopic (exact) mass is 480 g/mol. The van der Waals surface area contributed by atoms with E-state index in [1.54, 1.807) is 35.7 Å². The molecule has 2 fully saturated rings. The van der Waals surface area contributed by atoms with Crippen molar-refractivity contribution in [3.63, 3.8) is 0 Å². The van der Waals surface area contributed by atoms with Gasteiger partial charge in [-0.1, -0.05) is 6.07 Å². The highest BCUT2D eigenvalue weighted by molar-refractivity contribution is 7.89. The van der Waals surface area contributed by atoms with Gasteiger partial charge in [0.25, 0.3) is 0 Å². The van der Waals surface area contributed by atoms with E-state index in [0.29, 0.717) is 45.0 Å². The van der Waals surface area contributed by atoms with Gasteiger partial charge in [-0.15, -0.1) is 11.3 Å². The number of benzene rings is 1. The Morgan fingerprint density at radius 1 is 1.16 bits per heavy atom. The van der Waals surface area contributed by atoms with Crippen molar-refractivity contribution in [3.8, 4) is 5.75 Å². The lowest BCUT2D eigenvalue weighted by molar-refractivity contribution is -0.130. The van der Waals surface area contributed by atoms with Gasteiger partial charge in [-0.2, -0.15) is 4.31 Å². The number of ether oxygens (including phenoxy) is 2. The zero-order chi connectivity index (χ0) is 22.6. The normalized spacial score (nSPS) is 18.4. The van der Waals surface area contributed by atoms with Crippen molar-refractivity contribution in [1.29, 1.82) is 0 Å². The molecule has 174 valence electrons. The number of amides is 1. The quantitative estimate of drug-likeness (QED) is 0.618. The van der Waals surface area contributed by atoms with Gasteiger partial charge in [-0.05, 0) is 24.1 Å². The molecule has 0 spiro atoms. The average molecular weight is 481 g/mol. The molecule has 11 heteroatoms. The van der Waals surface area contributed by atoms with Crippen molar-refractivity contribution in [3.05, 3.63) is 35.3 Å². The van der Waals surface area contributed by atoms with E-state index in [9.17, 15) is 13.2 Å². The molecule has 0 N–H and O–H groups in total. The van der Waals surface area contributed by atoms with Crippen LogP contribution in [-0.2, 0) is 26.0 Å². The van der Waals surface area contributed by atoms with Crippen molar-refractivity contribution in [2.45, 2.75) is 17.7 Å². The largest absolute Gasteiger partial charge is 0.495 e. The summed E-state index contributed by atoms with van der Waals surface area (Å²) in [7, 11) is -2.29. The lowest BCUT2D eigenvalue weighted by Crippen LogP contribution is -2.40. The molecule has 2 saturated heterocycles. The number of hydrogen-bond donors (Lipinski definition) is 0. The van der Waals surface area contributed by atoms with Crippen molar-refractivity contribution in [2.75, 3.05) is 64.5 Å². The minimum Gasteiger partial charge on any atom is -0.495 e. The van der Waals surface area contributed by atoms with Crippen LogP contribution in [-0.4, -0.2) is 88.1 Å². The van der Waals surface area contributed by atoms with E-state index >= 15 is 0 Å². The maximum absolute atomic E-state index is 13.2. The number of hydrogen-bond acceptors (Lipinski definition) is 8. The third-order valence-electron chi connectivity index (χ3n) is 5.71. The molecular formula is C21H28N4O5S2. The Morgan fingerprint density at radius 3 is 2.69 bits per heavy atom. The van der Waals surface area contributed by atoms with Gasteiger partial charge in [-0.3, -0.25) is 4.79 Å². The highest BCUT2D eigenvalue weighted by atomic mass is 32.2. The molecule has 1 aromatic heterocycles. The van der Waals surface area contributed by atoms with E-state index in [2.05, 4.69) is 9.88 Å². The third kappa shape index (κ3) is 5.06. The highest BCUT2D eigenvalue weighted by Gasteiger charge is 2.30. The van der Waals surface area contributed by atoms with Crippen LogP contribution in [0.15, 0.2) is 34.7 Å². The first-order valence-corrected chi connectivity index (χ1v) is 13.0. The van der Waals surface area contributed by atoms with Crippen LogP contribution < -0.4 is 9.64 Å². The Balaban J connectivity index is 1.47. The Hall–Kier alpha value is -2.21. The summed E-state index contributed by atoms with van der Waals surface area (Å²) >= 11 is 1.60. The molecule has 0 atom stereocenters.